The minimum absolute atomic E-state index is 0.164. The molecule has 2 aromatic heterocycles. The van der Waals surface area contributed by atoms with Crippen molar-refractivity contribution < 1.29 is 4.74 Å². The molecule has 0 amide bonds. The van der Waals surface area contributed by atoms with E-state index in [1.165, 1.54) is 0 Å². The summed E-state index contributed by atoms with van der Waals surface area (Å²) in [5, 5.41) is 17.6. The molecule has 4 rings (SSSR count). The molecule has 7 nitrogen and oxygen atoms in total. The maximum absolute atomic E-state index is 6.12. The van der Waals surface area contributed by atoms with Crippen LogP contribution in [0.25, 0.3) is 22.3 Å². The van der Waals surface area contributed by atoms with Gasteiger partial charge in [-0.05, 0) is 58.5 Å². The molecule has 132 valence electrons. The van der Waals surface area contributed by atoms with Gasteiger partial charge in [0.25, 0.3) is 0 Å². The van der Waals surface area contributed by atoms with Gasteiger partial charge in [0.05, 0.1) is 23.9 Å². The molecule has 0 saturated carbocycles. The third kappa shape index (κ3) is 3.24. The van der Waals surface area contributed by atoms with Gasteiger partial charge in [0.15, 0.2) is 0 Å². The average molecular weight is 340 g/mol. The lowest BCUT2D eigenvalue weighted by atomic mass is 10.1. The van der Waals surface area contributed by atoms with Gasteiger partial charge in [-0.1, -0.05) is 0 Å². The van der Waals surface area contributed by atoms with Crippen LogP contribution in [0.2, 0.25) is 0 Å². The first-order valence-corrected chi connectivity index (χ1v) is 8.85. The van der Waals surface area contributed by atoms with E-state index in [2.05, 4.69) is 46.2 Å². The highest BCUT2D eigenvalue weighted by Gasteiger charge is 2.17. The second kappa shape index (κ2) is 6.48. The molecule has 0 fully saturated rings. The van der Waals surface area contributed by atoms with E-state index in [-0.39, 0.29) is 12.1 Å². The number of fused-ring (bicyclic) bond motifs is 4. The average Bonchev–Trinajstić information content (AvgIpc) is 3.23. The Hall–Kier alpha value is -2.41. The van der Waals surface area contributed by atoms with Crippen LogP contribution in [-0.2, 0) is 0 Å². The first-order valence-electron chi connectivity index (χ1n) is 8.85. The van der Waals surface area contributed by atoms with Crippen molar-refractivity contribution in [1.29, 1.82) is 0 Å². The highest BCUT2D eigenvalue weighted by molar-refractivity contribution is 5.92. The summed E-state index contributed by atoms with van der Waals surface area (Å²) >= 11 is 0. The highest BCUT2D eigenvalue weighted by Crippen LogP contribution is 2.29. The monoisotopic (exact) mass is 340 g/mol. The molecule has 0 unspecified atom stereocenters. The van der Waals surface area contributed by atoms with Crippen LogP contribution in [0.5, 0.6) is 5.75 Å². The van der Waals surface area contributed by atoms with Crippen molar-refractivity contribution in [3.05, 3.63) is 24.4 Å². The van der Waals surface area contributed by atoms with Crippen LogP contribution in [0.1, 0.15) is 32.7 Å². The Bertz CT molecular complexity index is 869. The van der Waals surface area contributed by atoms with E-state index < -0.39 is 0 Å². The van der Waals surface area contributed by atoms with Crippen LogP contribution in [0.4, 0.5) is 0 Å². The molecule has 1 aliphatic heterocycles. The third-order valence-electron chi connectivity index (χ3n) is 4.86. The van der Waals surface area contributed by atoms with E-state index >= 15 is 0 Å². The highest BCUT2D eigenvalue weighted by atomic mass is 16.5. The Balaban J connectivity index is 1.77. The largest absolute Gasteiger partial charge is 0.491 e. The first-order chi connectivity index (χ1) is 12.1. The minimum atomic E-state index is 0.164. The molecule has 0 radical (unpaired) electrons. The number of aromatic amines is 1. The summed E-state index contributed by atoms with van der Waals surface area (Å²) in [6.07, 6.45) is 3.95. The number of H-pyrrole nitrogens is 1. The van der Waals surface area contributed by atoms with Crippen LogP contribution in [-0.4, -0.2) is 56.3 Å². The standard InChI is InChI=1S/C18H24N6O/c1-12-6-8-23(3)9-7-13(2)25-14-4-5-16-15(10-14)18(21-20-16)17-11-19-24(12)22-17/h4-5,10-13H,6-9H2,1-3H3,(H,20,21)/t12-,13+/m0/s1. The van der Waals surface area contributed by atoms with Crippen molar-refractivity contribution in [2.45, 2.75) is 38.8 Å². The van der Waals surface area contributed by atoms with Crippen molar-refractivity contribution in [2.24, 2.45) is 0 Å². The van der Waals surface area contributed by atoms with Crippen molar-refractivity contribution in [2.75, 3.05) is 20.1 Å². The Labute approximate surface area is 147 Å². The topological polar surface area (TPSA) is 71.9 Å². The second-order valence-electron chi connectivity index (χ2n) is 6.99. The molecule has 4 bridgehead atoms. The predicted molar refractivity (Wildman–Crippen MR) is 96.6 cm³/mol. The van der Waals surface area contributed by atoms with Crippen LogP contribution in [0.3, 0.4) is 0 Å². The zero-order chi connectivity index (χ0) is 17.4. The van der Waals surface area contributed by atoms with Crippen LogP contribution < -0.4 is 4.74 Å². The fourth-order valence-electron chi connectivity index (χ4n) is 3.19. The molecule has 1 aliphatic rings. The summed E-state index contributed by atoms with van der Waals surface area (Å²) in [5.41, 5.74) is 2.58. The van der Waals surface area contributed by atoms with Crippen LogP contribution >= 0.6 is 0 Å². The van der Waals surface area contributed by atoms with Crippen molar-refractivity contribution in [3.63, 3.8) is 0 Å². The summed E-state index contributed by atoms with van der Waals surface area (Å²) < 4.78 is 6.12. The Morgan fingerprint density at radius 3 is 2.92 bits per heavy atom. The number of ether oxygens (including phenoxy) is 1. The van der Waals surface area contributed by atoms with Gasteiger partial charge in [-0.15, -0.1) is 0 Å². The quantitative estimate of drug-likeness (QED) is 0.681. The number of aromatic nitrogens is 5. The zero-order valence-corrected chi connectivity index (χ0v) is 14.9. The predicted octanol–water partition coefficient (Wildman–Crippen LogP) is 2.88. The normalized spacial score (nSPS) is 22.5. The summed E-state index contributed by atoms with van der Waals surface area (Å²) in [6, 6.07) is 6.28. The summed E-state index contributed by atoms with van der Waals surface area (Å²) in [5.74, 6) is 0.862. The number of hydrogen-bond acceptors (Lipinski definition) is 5. The van der Waals surface area contributed by atoms with Gasteiger partial charge in [0, 0.05) is 11.9 Å². The van der Waals surface area contributed by atoms with Gasteiger partial charge in [-0.25, -0.2) is 0 Å². The summed E-state index contributed by atoms with van der Waals surface area (Å²) in [6.45, 7) is 6.29. The van der Waals surface area contributed by atoms with Crippen molar-refractivity contribution in [1.82, 2.24) is 30.1 Å². The fourth-order valence-corrected chi connectivity index (χ4v) is 3.19. The summed E-state index contributed by atoms with van der Waals surface area (Å²) in [4.78, 5) is 4.14. The molecule has 3 heterocycles. The lowest BCUT2D eigenvalue weighted by Crippen LogP contribution is -2.27. The molecule has 0 aliphatic carbocycles. The second-order valence-corrected chi connectivity index (χ2v) is 6.99. The smallest absolute Gasteiger partial charge is 0.133 e. The molecule has 1 N–H and O–H groups in total. The van der Waals surface area contributed by atoms with Gasteiger partial charge >= 0.3 is 0 Å². The Morgan fingerprint density at radius 2 is 2.04 bits per heavy atom. The molecule has 0 saturated heterocycles. The number of benzene rings is 1. The summed E-state index contributed by atoms with van der Waals surface area (Å²) in [7, 11) is 2.15. The number of nitrogens with one attached hydrogen (secondary N) is 1. The number of hydrogen-bond donors (Lipinski definition) is 1. The van der Waals surface area contributed by atoms with Crippen molar-refractivity contribution in [3.8, 4) is 17.1 Å². The van der Waals surface area contributed by atoms with E-state index in [1.54, 1.807) is 11.0 Å². The lowest BCUT2D eigenvalue weighted by Gasteiger charge is -2.21. The molecule has 3 aromatic rings. The Morgan fingerprint density at radius 1 is 1.20 bits per heavy atom. The maximum atomic E-state index is 6.12. The van der Waals surface area contributed by atoms with E-state index in [1.807, 2.05) is 18.2 Å². The van der Waals surface area contributed by atoms with Gasteiger partial charge in [0.1, 0.15) is 17.1 Å². The molecular formula is C18H24N6O. The molecular weight excluding hydrogens is 316 g/mol. The van der Waals surface area contributed by atoms with Gasteiger partial charge in [-0.3, -0.25) is 5.10 Å². The number of rotatable bonds is 0. The minimum Gasteiger partial charge on any atom is -0.491 e. The van der Waals surface area contributed by atoms with E-state index in [4.69, 9.17) is 4.74 Å². The van der Waals surface area contributed by atoms with Crippen LogP contribution in [0.15, 0.2) is 24.4 Å². The SMILES string of the molecule is C[C@@H]1CCN(C)CC[C@H](C)n2ncc(n2)-c2n[nH]c3ccc(cc23)O1. The third-order valence-corrected chi connectivity index (χ3v) is 4.86. The van der Waals surface area contributed by atoms with Crippen LogP contribution in [0, 0.1) is 0 Å². The Kier molecular flexibility index (Phi) is 4.17. The zero-order valence-electron chi connectivity index (χ0n) is 14.9. The van der Waals surface area contributed by atoms with Crippen molar-refractivity contribution >= 4 is 10.9 Å². The first kappa shape index (κ1) is 16.1. The molecule has 2 atom stereocenters. The van der Waals surface area contributed by atoms with E-state index in [0.717, 1.165) is 54.0 Å². The molecule has 1 aromatic carbocycles. The van der Waals surface area contributed by atoms with E-state index in [9.17, 15) is 0 Å². The maximum Gasteiger partial charge on any atom is 0.133 e. The fraction of sp³-hybridized carbons (Fsp3) is 0.500. The van der Waals surface area contributed by atoms with Gasteiger partial charge in [-0.2, -0.15) is 20.1 Å². The molecule has 0 spiro atoms. The molecule has 25 heavy (non-hydrogen) atoms. The van der Waals surface area contributed by atoms with Gasteiger partial charge < -0.3 is 9.64 Å². The van der Waals surface area contributed by atoms with Gasteiger partial charge in [0.2, 0.25) is 0 Å². The lowest BCUT2D eigenvalue weighted by molar-refractivity contribution is 0.184. The van der Waals surface area contributed by atoms with E-state index in [0.29, 0.717) is 0 Å². The number of nitrogens with zero attached hydrogens (tertiary/aromatic N) is 5. The molecule has 7 heteroatoms.